The van der Waals surface area contributed by atoms with E-state index in [0.29, 0.717) is 5.95 Å². The van der Waals surface area contributed by atoms with Crippen molar-refractivity contribution in [3.8, 4) is 0 Å². The molecule has 68 valence electrons. The summed E-state index contributed by atoms with van der Waals surface area (Å²) in [4.78, 5) is 4.05. The molecule has 0 aliphatic rings. The Kier molecular flexibility index (Phi) is 3.43. The van der Waals surface area contributed by atoms with E-state index in [1.807, 2.05) is 6.92 Å². The number of nitrogens with zero attached hydrogens (tertiary/aromatic N) is 2. The lowest BCUT2D eigenvalue weighted by Crippen LogP contribution is -2.05. The maximum Gasteiger partial charge on any atom is 0.232 e. The van der Waals surface area contributed by atoms with Crippen LogP contribution in [0.4, 0.5) is 5.95 Å². The van der Waals surface area contributed by atoms with Crippen molar-refractivity contribution in [1.82, 2.24) is 9.36 Å². The lowest BCUT2D eigenvalue weighted by atomic mass is 10.2. The van der Waals surface area contributed by atoms with Gasteiger partial charge in [-0.25, -0.2) is 4.98 Å². The van der Waals surface area contributed by atoms with Gasteiger partial charge in [-0.1, -0.05) is 0 Å². The Labute approximate surface area is 75.9 Å². The van der Waals surface area contributed by atoms with E-state index in [2.05, 4.69) is 9.36 Å². The van der Waals surface area contributed by atoms with Gasteiger partial charge in [-0.2, -0.15) is 4.37 Å². The molecule has 0 saturated heterocycles. The van der Waals surface area contributed by atoms with Crippen LogP contribution < -0.4 is 5.73 Å². The van der Waals surface area contributed by atoms with Crippen molar-refractivity contribution in [2.45, 2.75) is 25.9 Å². The van der Waals surface area contributed by atoms with Gasteiger partial charge < -0.3 is 10.5 Å². The first-order chi connectivity index (χ1) is 5.72. The largest absolute Gasteiger partial charge is 0.382 e. The highest BCUT2D eigenvalue weighted by molar-refractivity contribution is 7.05. The summed E-state index contributed by atoms with van der Waals surface area (Å²) >= 11 is 1.36. The zero-order valence-electron chi connectivity index (χ0n) is 7.28. The predicted molar refractivity (Wildman–Crippen MR) is 49.1 cm³/mol. The van der Waals surface area contributed by atoms with Crippen LogP contribution in [-0.2, 0) is 11.2 Å². The van der Waals surface area contributed by atoms with E-state index in [4.69, 9.17) is 10.5 Å². The molecule has 0 amide bonds. The van der Waals surface area contributed by atoms with Gasteiger partial charge in [0.15, 0.2) is 0 Å². The monoisotopic (exact) mass is 187 g/mol. The number of methoxy groups -OCH3 is 1. The molecule has 1 rings (SSSR count). The summed E-state index contributed by atoms with van der Waals surface area (Å²) in [7, 11) is 1.71. The Morgan fingerprint density at radius 2 is 2.42 bits per heavy atom. The van der Waals surface area contributed by atoms with Crippen molar-refractivity contribution in [2.24, 2.45) is 0 Å². The number of rotatable bonds is 4. The summed E-state index contributed by atoms with van der Waals surface area (Å²) in [6.45, 7) is 2.03. The molecule has 4 nitrogen and oxygen atoms in total. The topological polar surface area (TPSA) is 61.0 Å². The fourth-order valence-corrected chi connectivity index (χ4v) is 1.40. The molecule has 0 aliphatic heterocycles. The number of aryl methyl sites for hydroxylation is 1. The van der Waals surface area contributed by atoms with Crippen LogP contribution in [0.25, 0.3) is 0 Å². The number of nitrogen functional groups attached to an aromatic ring is 1. The number of hydrogen-bond acceptors (Lipinski definition) is 5. The van der Waals surface area contributed by atoms with Crippen LogP contribution in [0, 0.1) is 0 Å². The predicted octanol–water partition coefficient (Wildman–Crippen LogP) is 1.09. The second-order valence-corrected chi connectivity index (χ2v) is 3.47. The van der Waals surface area contributed by atoms with Gasteiger partial charge in [0, 0.05) is 13.5 Å². The van der Waals surface area contributed by atoms with Crippen LogP contribution in [0.15, 0.2) is 0 Å². The maximum absolute atomic E-state index is 5.37. The number of ether oxygens (including phenoxy) is 1. The molecule has 1 aromatic heterocycles. The average Bonchev–Trinajstić information content (AvgIpc) is 2.47. The van der Waals surface area contributed by atoms with Crippen LogP contribution in [0.3, 0.4) is 0 Å². The second-order valence-electron chi connectivity index (χ2n) is 2.63. The Balaban J connectivity index is 2.33. The minimum atomic E-state index is 0.273. The normalized spacial score (nSPS) is 13.2. The van der Waals surface area contributed by atoms with Crippen molar-refractivity contribution in [1.29, 1.82) is 0 Å². The Bertz CT molecular complexity index is 238. The third-order valence-corrected chi connectivity index (χ3v) is 2.44. The molecule has 0 aromatic carbocycles. The highest BCUT2D eigenvalue weighted by atomic mass is 32.1. The van der Waals surface area contributed by atoms with E-state index in [-0.39, 0.29) is 6.10 Å². The van der Waals surface area contributed by atoms with E-state index < -0.39 is 0 Å². The zero-order chi connectivity index (χ0) is 8.97. The first kappa shape index (κ1) is 9.41. The fraction of sp³-hybridized carbons (Fsp3) is 0.714. The van der Waals surface area contributed by atoms with Gasteiger partial charge >= 0.3 is 0 Å². The average molecular weight is 187 g/mol. The van der Waals surface area contributed by atoms with Crippen LogP contribution in [0.2, 0.25) is 0 Å². The quantitative estimate of drug-likeness (QED) is 0.766. The maximum atomic E-state index is 5.37. The lowest BCUT2D eigenvalue weighted by molar-refractivity contribution is 0.111. The van der Waals surface area contributed by atoms with E-state index in [0.717, 1.165) is 17.8 Å². The minimum Gasteiger partial charge on any atom is -0.382 e. The lowest BCUT2D eigenvalue weighted by Gasteiger charge is -2.05. The summed E-state index contributed by atoms with van der Waals surface area (Å²) in [6, 6.07) is 0. The molecule has 1 unspecified atom stereocenters. The molecule has 1 atom stereocenters. The van der Waals surface area contributed by atoms with E-state index >= 15 is 0 Å². The highest BCUT2D eigenvalue weighted by Crippen LogP contribution is 2.10. The number of aromatic nitrogens is 2. The number of anilines is 1. The van der Waals surface area contributed by atoms with Gasteiger partial charge in [0.05, 0.1) is 6.10 Å². The molecule has 0 fully saturated rings. The van der Waals surface area contributed by atoms with Crippen molar-refractivity contribution in [3.63, 3.8) is 0 Å². The Morgan fingerprint density at radius 1 is 1.67 bits per heavy atom. The van der Waals surface area contributed by atoms with Gasteiger partial charge in [0.25, 0.3) is 0 Å². The fourth-order valence-electron chi connectivity index (χ4n) is 0.814. The molecule has 1 heterocycles. The molecule has 2 N–H and O–H groups in total. The second kappa shape index (κ2) is 4.37. The Morgan fingerprint density at radius 3 is 2.92 bits per heavy atom. The molecular formula is C7H13N3OS. The van der Waals surface area contributed by atoms with Crippen molar-refractivity contribution < 1.29 is 4.74 Å². The zero-order valence-corrected chi connectivity index (χ0v) is 8.10. The molecule has 5 heteroatoms. The van der Waals surface area contributed by atoms with Gasteiger partial charge in [-0.15, -0.1) is 0 Å². The summed E-state index contributed by atoms with van der Waals surface area (Å²) in [5, 5.41) is 0.983. The van der Waals surface area contributed by atoms with Crippen LogP contribution in [0.5, 0.6) is 0 Å². The first-order valence-corrected chi connectivity index (χ1v) is 4.60. The molecule has 0 saturated carbocycles. The van der Waals surface area contributed by atoms with Crippen LogP contribution >= 0.6 is 11.5 Å². The van der Waals surface area contributed by atoms with Crippen molar-refractivity contribution in [3.05, 3.63) is 5.01 Å². The Hall–Kier alpha value is -0.680. The summed E-state index contributed by atoms with van der Waals surface area (Å²) in [5.41, 5.74) is 5.37. The SMILES string of the molecule is COC(C)CCc1nc(N)ns1. The molecule has 1 aromatic rings. The van der Waals surface area contributed by atoms with Crippen LogP contribution in [0.1, 0.15) is 18.4 Å². The summed E-state index contributed by atoms with van der Waals surface area (Å²) < 4.78 is 8.99. The van der Waals surface area contributed by atoms with Gasteiger partial charge in [0.1, 0.15) is 5.01 Å². The van der Waals surface area contributed by atoms with E-state index in [1.165, 1.54) is 11.5 Å². The van der Waals surface area contributed by atoms with Crippen molar-refractivity contribution >= 4 is 17.5 Å². The first-order valence-electron chi connectivity index (χ1n) is 3.83. The standard InChI is InChI=1S/C7H13N3OS/c1-5(11-2)3-4-6-9-7(8)10-12-6/h5H,3-4H2,1-2H3,(H2,8,10). The molecule has 0 spiro atoms. The minimum absolute atomic E-state index is 0.273. The van der Waals surface area contributed by atoms with E-state index in [9.17, 15) is 0 Å². The molecule has 0 radical (unpaired) electrons. The molecule has 12 heavy (non-hydrogen) atoms. The van der Waals surface area contributed by atoms with Crippen LogP contribution in [-0.4, -0.2) is 22.6 Å². The number of hydrogen-bond donors (Lipinski definition) is 1. The van der Waals surface area contributed by atoms with Gasteiger partial charge in [0.2, 0.25) is 5.95 Å². The molecule has 0 aliphatic carbocycles. The smallest absolute Gasteiger partial charge is 0.232 e. The highest BCUT2D eigenvalue weighted by Gasteiger charge is 2.04. The van der Waals surface area contributed by atoms with Crippen molar-refractivity contribution in [2.75, 3.05) is 12.8 Å². The third kappa shape index (κ3) is 2.75. The molecular weight excluding hydrogens is 174 g/mol. The van der Waals surface area contributed by atoms with E-state index in [1.54, 1.807) is 7.11 Å². The third-order valence-electron chi connectivity index (χ3n) is 1.65. The summed E-state index contributed by atoms with van der Waals surface area (Å²) in [6.07, 6.45) is 2.13. The molecule has 0 bridgehead atoms. The van der Waals surface area contributed by atoms with Gasteiger partial charge in [-0.3, -0.25) is 0 Å². The summed E-state index contributed by atoms with van der Waals surface area (Å²) in [5.74, 6) is 0.375. The van der Waals surface area contributed by atoms with Gasteiger partial charge in [-0.05, 0) is 24.9 Å². The number of nitrogens with two attached hydrogens (primary N) is 1.